The molecule has 4 aromatic rings. The molecule has 5 rings (SSSR count). The van der Waals surface area contributed by atoms with Gasteiger partial charge in [-0.15, -0.1) is 0 Å². The third-order valence-electron chi connectivity index (χ3n) is 8.35. The molecule has 232 valence electrons. The molecule has 7 heteroatoms. The van der Waals surface area contributed by atoms with Gasteiger partial charge in [0.15, 0.2) is 17.1 Å². The highest BCUT2D eigenvalue weighted by atomic mass is 16.6. The molecule has 0 aromatic heterocycles. The Bertz CT molecular complexity index is 1700. The summed E-state index contributed by atoms with van der Waals surface area (Å²) in [4.78, 5) is 20.0. The lowest BCUT2D eigenvalue weighted by atomic mass is 9.75. The number of ether oxygens (including phenoxy) is 3. The van der Waals surface area contributed by atoms with Crippen molar-refractivity contribution in [1.29, 1.82) is 0 Å². The Morgan fingerprint density at radius 3 is 1.67 bits per heavy atom. The maximum atomic E-state index is 13.9. The van der Waals surface area contributed by atoms with Gasteiger partial charge in [-0.1, -0.05) is 49.1 Å². The van der Waals surface area contributed by atoms with Crippen LogP contribution in [0.5, 0.6) is 11.5 Å². The van der Waals surface area contributed by atoms with Crippen molar-refractivity contribution in [2.45, 2.75) is 5.60 Å². The maximum absolute atomic E-state index is 13.9. The third-order valence-corrected chi connectivity index (χ3v) is 8.35. The van der Waals surface area contributed by atoms with Crippen LogP contribution in [0.25, 0.3) is 5.57 Å². The zero-order valence-corrected chi connectivity index (χ0v) is 27.3. The van der Waals surface area contributed by atoms with E-state index in [1.165, 1.54) is 0 Å². The number of rotatable bonds is 10. The molecule has 0 saturated carbocycles. The van der Waals surface area contributed by atoms with Gasteiger partial charge in [-0.25, -0.2) is 4.79 Å². The monoisotopic (exact) mass is 603 g/mol. The van der Waals surface area contributed by atoms with Crippen LogP contribution in [-0.4, -0.2) is 62.5 Å². The van der Waals surface area contributed by atoms with E-state index in [0.29, 0.717) is 22.6 Å². The number of fused-ring (bicyclic) bond motifs is 1. The molecule has 4 aromatic carbocycles. The standard InChI is InChI=1S/C38H41N3O4/c1-10-32(36(25-11-16-28(17-12-25)39(2)3)26-13-18-29(19-14-26)40(4)5)38(27-15-22-34(43-8)35(23-27)44-9)33-21-20-30(41(6)7)24-31(33)37(42)45-38/h10-24H,1H2,2-9H3. The SMILES string of the molecule is C=CC(=C(c1ccc(N(C)C)cc1)c1ccc(N(C)C)cc1)C1(c2ccc(OC)c(OC)c2)OC(=O)c2cc(N(C)C)ccc21. The largest absolute Gasteiger partial charge is 0.493 e. The summed E-state index contributed by atoms with van der Waals surface area (Å²) >= 11 is 0. The minimum Gasteiger partial charge on any atom is -0.493 e. The van der Waals surface area contributed by atoms with Crippen molar-refractivity contribution in [3.63, 3.8) is 0 Å². The average Bonchev–Trinajstić information content (AvgIpc) is 3.35. The van der Waals surface area contributed by atoms with E-state index < -0.39 is 11.6 Å². The van der Waals surface area contributed by atoms with Crippen LogP contribution in [0.1, 0.15) is 32.6 Å². The molecule has 7 nitrogen and oxygen atoms in total. The molecule has 1 aliphatic heterocycles. The highest BCUT2D eigenvalue weighted by Gasteiger charge is 2.51. The summed E-state index contributed by atoms with van der Waals surface area (Å²) in [6, 6.07) is 28.3. The van der Waals surface area contributed by atoms with Crippen molar-refractivity contribution in [2.24, 2.45) is 0 Å². The van der Waals surface area contributed by atoms with E-state index in [1.54, 1.807) is 14.2 Å². The Balaban J connectivity index is 1.92. The minimum absolute atomic E-state index is 0.409. The molecule has 1 heterocycles. The summed E-state index contributed by atoms with van der Waals surface area (Å²) in [6.07, 6.45) is 1.81. The number of anilines is 3. The first-order valence-corrected chi connectivity index (χ1v) is 14.8. The van der Waals surface area contributed by atoms with Gasteiger partial charge in [0.1, 0.15) is 0 Å². The Morgan fingerprint density at radius 2 is 1.20 bits per heavy atom. The van der Waals surface area contributed by atoms with Gasteiger partial charge in [0, 0.05) is 76.0 Å². The van der Waals surface area contributed by atoms with Crippen LogP contribution in [0.15, 0.2) is 103 Å². The normalized spacial score (nSPS) is 15.1. The van der Waals surface area contributed by atoms with E-state index in [0.717, 1.165) is 44.9 Å². The summed E-state index contributed by atoms with van der Waals surface area (Å²) in [7, 11) is 15.2. The van der Waals surface area contributed by atoms with Crippen LogP contribution in [0, 0.1) is 0 Å². The second-order valence-corrected chi connectivity index (χ2v) is 11.6. The molecule has 0 amide bonds. The summed E-state index contributed by atoms with van der Waals surface area (Å²) in [5.41, 5.74) is 7.20. The lowest BCUT2D eigenvalue weighted by molar-refractivity contribution is 0.0250. The van der Waals surface area contributed by atoms with Crippen molar-refractivity contribution in [3.05, 3.63) is 131 Å². The highest BCUT2D eigenvalue weighted by molar-refractivity contribution is 5.99. The highest BCUT2D eigenvalue weighted by Crippen LogP contribution is 2.52. The smallest absolute Gasteiger partial charge is 0.340 e. The van der Waals surface area contributed by atoms with Gasteiger partial charge in [0.05, 0.1) is 19.8 Å². The molecule has 0 radical (unpaired) electrons. The maximum Gasteiger partial charge on any atom is 0.340 e. The number of methoxy groups -OCH3 is 2. The van der Waals surface area contributed by atoms with E-state index in [2.05, 4.69) is 64.9 Å². The predicted octanol–water partition coefficient (Wildman–Crippen LogP) is 7.00. The molecule has 0 bridgehead atoms. The van der Waals surface area contributed by atoms with E-state index in [-0.39, 0.29) is 0 Å². The van der Waals surface area contributed by atoms with Gasteiger partial charge in [0.2, 0.25) is 0 Å². The van der Waals surface area contributed by atoms with Crippen LogP contribution in [-0.2, 0) is 10.3 Å². The fourth-order valence-corrected chi connectivity index (χ4v) is 5.91. The third kappa shape index (κ3) is 5.50. The second kappa shape index (κ2) is 12.4. The van der Waals surface area contributed by atoms with Crippen molar-refractivity contribution in [3.8, 4) is 11.5 Å². The molecule has 45 heavy (non-hydrogen) atoms. The topological polar surface area (TPSA) is 54.5 Å². The molecular formula is C38H41N3O4. The molecule has 1 unspecified atom stereocenters. The van der Waals surface area contributed by atoms with Gasteiger partial charge in [-0.3, -0.25) is 0 Å². The van der Waals surface area contributed by atoms with Gasteiger partial charge in [0.25, 0.3) is 0 Å². The van der Waals surface area contributed by atoms with Crippen LogP contribution >= 0.6 is 0 Å². The van der Waals surface area contributed by atoms with Crippen LogP contribution in [0.4, 0.5) is 17.1 Å². The number of esters is 1. The van der Waals surface area contributed by atoms with Crippen molar-refractivity contribution < 1.29 is 19.0 Å². The zero-order chi connectivity index (χ0) is 32.5. The Morgan fingerprint density at radius 1 is 0.689 bits per heavy atom. The van der Waals surface area contributed by atoms with Crippen molar-refractivity contribution in [1.82, 2.24) is 0 Å². The predicted molar refractivity (Wildman–Crippen MR) is 184 cm³/mol. The van der Waals surface area contributed by atoms with E-state index in [9.17, 15) is 4.79 Å². The van der Waals surface area contributed by atoms with E-state index >= 15 is 0 Å². The quantitative estimate of drug-likeness (QED) is 0.143. The number of carbonyl (C=O) groups is 1. The van der Waals surface area contributed by atoms with Gasteiger partial charge < -0.3 is 28.9 Å². The number of benzene rings is 4. The number of nitrogens with zero attached hydrogens (tertiary/aromatic N) is 3. The fourth-order valence-electron chi connectivity index (χ4n) is 5.91. The summed E-state index contributed by atoms with van der Waals surface area (Å²) < 4.78 is 17.9. The first-order valence-electron chi connectivity index (χ1n) is 14.8. The zero-order valence-electron chi connectivity index (χ0n) is 27.3. The first-order chi connectivity index (χ1) is 21.5. The first kappa shape index (κ1) is 31.3. The van der Waals surface area contributed by atoms with Crippen LogP contribution < -0.4 is 24.2 Å². The summed E-state index contributed by atoms with van der Waals surface area (Å²) in [6.45, 7) is 4.33. The molecule has 0 saturated heterocycles. The summed E-state index contributed by atoms with van der Waals surface area (Å²) in [5.74, 6) is 0.694. The Hall–Kier alpha value is -5.17. The van der Waals surface area contributed by atoms with E-state index in [4.69, 9.17) is 14.2 Å². The Kier molecular flexibility index (Phi) is 8.64. The number of cyclic esters (lactones) is 1. The lowest BCUT2D eigenvalue weighted by Gasteiger charge is -2.34. The second-order valence-electron chi connectivity index (χ2n) is 11.6. The molecule has 0 spiro atoms. The number of carbonyl (C=O) groups excluding carboxylic acids is 1. The molecule has 1 atom stereocenters. The van der Waals surface area contributed by atoms with Gasteiger partial charge in [-0.05, 0) is 65.2 Å². The van der Waals surface area contributed by atoms with Crippen molar-refractivity contribution >= 4 is 28.6 Å². The summed E-state index contributed by atoms with van der Waals surface area (Å²) in [5, 5.41) is 0. The fraction of sp³-hybridized carbons (Fsp3) is 0.237. The van der Waals surface area contributed by atoms with Crippen LogP contribution in [0.2, 0.25) is 0 Å². The molecule has 0 aliphatic carbocycles. The molecular weight excluding hydrogens is 562 g/mol. The molecule has 0 N–H and O–H groups in total. The van der Waals surface area contributed by atoms with Crippen LogP contribution in [0.3, 0.4) is 0 Å². The minimum atomic E-state index is -1.34. The Labute approximate surface area is 266 Å². The lowest BCUT2D eigenvalue weighted by Crippen LogP contribution is -2.31. The average molecular weight is 604 g/mol. The number of hydrogen-bond acceptors (Lipinski definition) is 7. The molecule has 1 aliphatic rings. The van der Waals surface area contributed by atoms with Gasteiger partial charge in [-0.2, -0.15) is 0 Å². The van der Waals surface area contributed by atoms with Gasteiger partial charge >= 0.3 is 5.97 Å². The molecule has 0 fully saturated rings. The number of hydrogen-bond donors (Lipinski definition) is 0. The van der Waals surface area contributed by atoms with Crippen molar-refractivity contribution in [2.75, 3.05) is 71.2 Å². The van der Waals surface area contributed by atoms with E-state index in [1.807, 2.05) is 89.7 Å².